The Labute approximate surface area is 94.1 Å². The molecule has 1 unspecified atom stereocenters. The van der Waals surface area contributed by atoms with Crippen molar-refractivity contribution >= 4 is 0 Å². The van der Waals surface area contributed by atoms with Gasteiger partial charge in [0.05, 0.1) is 6.61 Å². The van der Waals surface area contributed by atoms with Crippen LogP contribution in [0.4, 0.5) is 0 Å². The predicted molar refractivity (Wildman–Crippen MR) is 52.6 cm³/mol. The van der Waals surface area contributed by atoms with E-state index >= 15 is 0 Å². The first kappa shape index (κ1) is 12.2. The molecular formula is C10H18O6. The maximum absolute atomic E-state index is 9.62. The summed E-state index contributed by atoms with van der Waals surface area (Å²) in [5.41, 5.74) is 0. The highest BCUT2D eigenvalue weighted by molar-refractivity contribution is 4.97. The van der Waals surface area contributed by atoms with Gasteiger partial charge in [-0.25, -0.2) is 0 Å². The summed E-state index contributed by atoms with van der Waals surface area (Å²) in [5, 5.41) is 18.6. The molecule has 6 nitrogen and oxygen atoms in total. The van der Waals surface area contributed by atoms with E-state index in [1.54, 1.807) is 13.8 Å². The molecule has 0 aromatic carbocycles. The first-order valence-electron chi connectivity index (χ1n) is 5.31. The second-order valence-corrected chi connectivity index (χ2v) is 4.52. The van der Waals surface area contributed by atoms with Gasteiger partial charge in [-0.3, -0.25) is 0 Å². The van der Waals surface area contributed by atoms with Gasteiger partial charge in [0.25, 0.3) is 0 Å². The lowest BCUT2D eigenvalue weighted by Gasteiger charge is -2.25. The first-order chi connectivity index (χ1) is 7.48. The zero-order valence-corrected chi connectivity index (χ0v) is 9.62. The van der Waals surface area contributed by atoms with Crippen LogP contribution >= 0.6 is 0 Å². The average Bonchev–Trinajstić information content (AvgIpc) is 2.69. The van der Waals surface area contributed by atoms with Crippen molar-refractivity contribution in [3.05, 3.63) is 0 Å². The second-order valence-electron chi connectivity index (χ2n) is 4.52. The molecule has 0 saturated carbocycles. The smallest absolute Gasteiger partial charge is 0.186 e. The molecule has 0 aromatic rings. The maximum Gasteiger partial charge on any atom is 0.186 e. The van der Waals surface area contributed by atoms with E-state index in [9.17, 15) is 5.11 Å². The Morgan fingerprint density at radius 1 is 1.31 bits per heavy atom. The Morgan fingerprint density at radius 3 is 2.50 bits per heavy atom. The summed E-state index contributed by atoms with van der Waals surface area (Å²) in [6, 6.07) is 0. The summed E-state index contributed by atoms with van der Waals surface area (Å²) < 4.78 is 21.8. The van der Waals surface area contributed by atoms with Crippen LogP contribution in [0.25, 0.3) is 0 Å². The van der Waals surface area contributed by atoms with E-state index < -0.39 is 30.4 Å². The molecule has 6 heteroatoms. The minimum Gasteiger partial charge on any atom is -0.394 e. The van der Waals surface area contributed by atoms with Gasteiger partial charge < -0.3 is 29.2 Å². The molecule has 0 radical (unpaired) electrons. The van der Waals surface area contributed by atoms with Gasteiger partial charge in [0.1, 0.15) is 24.4 Å². The van der Waals surface area contributed by atoms with E-state index in [1.807, 2.05) is 0 Å². The Hall–Kier alpha value is -0.240. The van der Waals surface area contributed by atoms with E-state index in [-0.39, 0.29) is 12.7 Å². The summed E-state index contributed by atoms with van der Waals surface area (Å²) in [6.45, 7) is 3.20. The molecule has 2 saturated heterocycles. The predicted octanol–water partition coefficient (Wildman–Crippen LogP) is -0.769. The van der Waals surface area contributed by atoms with Gasteiger partial charge in [0.15, 0.2) is 12.1 Å². The van der Waals surface area contributed by atoms with Crippen molar-refractivity contribution in [2.24, 2.45) is 0 Å². The van der Waals surface area contributed by atoms with E-state index in [4.69, 9.17) is 24.1 Å². The highest BCUT2D eigenvalue weighted by Crippen LogP contribution is 2.39. The molecule has 2 heterocycles. The van der Waals surface area contributed by atoms with Crippen LogP contribution in [-0.2, 0) is 18.9 Å². The highest BCUT2D eigenvalue weighted by atomic mass is 16.8. The Morgan fingerprint density at radius 2 is 1.94 bits per heavy atom. The monoisotopic (exact) mass is 234 g/mol. The van der Waals surface area contributed by atoms with E-state index in [2.05, 4.69) is 0 Å². The van der Waals surface area contributed by atoms with E-state index in [0.29, 0.717) is 0 Å². The molecule has 2 rings (SSSR count). The van der Waals surface area contributed by atoms with E-state index in [1.165, 1.54) is 7.11 Å². The zero-order chi connectivity index (χ0) is 11.9. The topological polar surface area (TPSA) is 77.4 Å². The fraction of sp³-hybridized carbons (Fsp3) is 1.00. The quantitative estimate of drug-likeness (QED) is 0.668. The Bertz CT molecular complexity index is 256. The van der Waals surface area contributed by atoms with Crippen molar-refractivity contribution < 1.29 is 29.2 Å². The largest absolute Gasteiger partial charge is 0.394 e. The van der Waals surface area contributed by atoms with Crippen molar-refractivity contribution in [1.82, 2.24) is 0 Å². The van der Waals surface area contributed by atoms with Crippen LogP contribution in [0.3, 0.4) is 0 Å². The van der Waals surface area contributed by atoms with Crippen LogP contribution in [-0.4, -0.2) is 60.4 Å². The van der Waals surface area contributed by atoms with Crippen molar-refractivity contribution in [3.8, 4) is 0 Å². The van der Waals surface area contributed by atoms with Gasteiger partial charge in [0, 0.05) is 7.11 Å². The number of aliphatic hydroxyl groups is 2. The molecule has 2 aliphatic heterocycles. The molecule has 0 bridgehead atoms. The number of hydrogen-bond donors (Lipinski definition) is 2. The summed E-state index contributed by atoms with van der Waals surface area (Å²) >= 11 is 0. The molecule has 5 atom stereocenters. The third kappa shape index (κ3) is 1.97. The standard InChI is InChI=1S/C10H18O6/c1-10(2)15-7-6(5(12)4-11)14-9(13-3)8(7)16-10/h5-9,11-12H,4H2,1-3H3/t5-,6+,7-,8-,9?/m0/s1. The molecule has 94 valence electrons. The molecule has 0 aromatic heterocycles. The molecule has 16 heavy (non-hydrogen) atoms. The van der Waals surface area contributed by atoms with Crippen molar-refractivity contribution in [2.75, 3.05) is 13.7 Å². The van der Waals surface area contributed by atoms with Crippen LogP contribution in [0.15, 0.2) is 0 Å². The average molecular weight is 234 g/mol. The summed E-state index contributed by atoms with van der Waals surface area (Å²) in [4.78, 5) is 0. The summed E-state index contributed by atoms with van der Waals surface area (Å²) in [6.07, 6.45) is -2.97. The number of methoxy groups -OCH3 is 1. The summed E-state index contributed by atoms with van der Waals surface area (Å²) in [7, 11) is 1.50. The molecule has 0 amide bonds. The first-order valence-corrected chi connectivity index (χ1v) is 5.31. The molecule has 2 fully saturated rings. The van der Waals surface area contributed by atoms with Gasteiger partial charge in [-0.1, -0.05) is 0 Å². The van der Waals surface area contributed by atoms with Crippen LogP contribution in [0, 0.1) is 0 Å². The van der Waals surface area contributed by atoms with Gasteiger partial charge in [-0.2, -0.15) is 0 Å². The van der Waals surface area contributed by atoms with E-state index in [0.717, 1.165) is 0 Å². The van der Waals surface area contributed by atoms with Gasteiger partial charge in [-0.05, 0) is 13.8 Å². The highest BCUT2D eigenvalue weighted by Gasteiger charge is 2.57. The SMILES string of the molecule is COC1O[C@H]([C@@H](O)CO)[C@@H]2OC(C)(C)O[C@H]12. The van der Waals surface area contributed by atoms with Crippen molar-refractivity contribution in [2.45, 2.75) is 50.3 Å². The maximum atomic E-state index is 9.62. The number of hydrogen-bond acceptors (Lipinski definition) is 6. The van der Waals surface area contributed by atoms with Crippen molar-refractivity contribution in [1.29, 1.82) is 0 Å². The lowest BCUT2D eigenvalue weighted by atomic mass is 10.1. The van der Waals surface area contributed by atoms with Crippen LogP contribution < -0.4 is 0 Å². The molecule has 0 aliphatic carbocycles. The van der Waals surface area contributed by atoms with Gasteiger partial charge in [0.2, 0.25) is 0 Å². The Balaban J connectivity index is 2.14. The fourth-order valence-corrected chi connectivity index (χ4v) is 2.19. The van der Waals surface area contributed by atoms with Crippen LogP contribution in [0.5, 0.6) is 0 Å². The normalized spacial score (nSPS) is 43.3. The number of rotatable bonds is 3. The third-order valence-electron chi connectivity index (χ3n) is 2.85. The molecule has 2 N–H and O–H groups in total. The second kappa shape index (κ2) is 4.21. The zero-order valence-electron chi connectivity index (χ0n) is 9.62. The number of aliphatic hydroxyl groups excluding tert-OH is 2. The minimum atomic E-state index is -0.995. The molecule has 2 aliphatic rings. The number of fused-ring (bicyclic) bond motifs is 1. The number of ether oxygens (including phenoxy) is 4. The van der Waals surface area contributed by atoms with Crippen molar-refractivity contribution in [3.63, 3.8) is 0 Å². The fourth-order valence-electron chi connectivity index (χ4n) is 2.19. The van der Waals surface area contributed by atoms with Crippen LogP contribution in [0.1, 0.15) is 13.8 Å². The molecule has 0 spiro atoms. The minimum absolute atomic E-state index is 0.369. The molecular weight excluding hydrogens is 216 g/mol. The van der Waals surface area contributed by atoms with Gasteiger partial charge >= 0.3 is 0 Å². The Kier molecular flexibility index (Phi) is 3.22. The lowest BCUT2D eigenvalue weighted by Crippen LogP contribution is -2.40. The third-order valence-corrected chi connectivity index (χ3v) is 2.85. The van der Waals surface area contributed by atoms with Gasteiger partial charge in [-0.15, -0.1) is 0 Å². The summed E-state index contributed by atoms with van der Waals surface area (Å²) in [5.74, 6) is -0.719. The lowest BCUT2D eigenvalue weighted by molar-refractivity contribution is -0.238. The van der Waals surface area contributed by atoms with Crippen LogP contribution in [0.2, 0.25) is 0 Å².